The van der Waals surface area contributed by atoms with Gasteiger partial charge in [-0.1, -0.05) is 48.5 Å². The van der Waals surface area contributed by atoms with E-state index in [4.69, 9.17) is 9.47 Å². The molecule has 1 amide bonds. The number of hydrogen-bond donors (Lipinski definition) is 0. The Balaban J connectivity index is 1.61. The highest BCUT2D eigenvalue weighted by atomic mass is 32.2. The summed E-state index contributed by atoms with van der Waals surface area (Å²) < 4.78 is 24.2. The summed E-state index contributed by atoms with van der Waals surface area (Å²) in [6.45, 7) is 4.19. The average Bonchev–Trinajstić information content (AvgIpc) is 2.81. The lowest BCUT2D eigenvalue weighted by Gasteiger charge is -2.38. The lowest BCUT2D eigenvalue weighted by Crippen LogP contribution is -2.50. The number of ether oxygens (including phenoxy) is 2. The normalized spacial score (nSPS) is 18.5. The van der Waals surface area contributed by atoms with Crippen LogP contribution in [-0.2, 0) is 25.1 Å². The summed E-state index contributed by atoms with van der Waals surface area (Å²) in [5.74, 6) is 0.859. The summed E-state index contributed by atoms with van der Waals surface area (Å²) >= 11 is 0. The molecule has 0 spiro atoms. The molecule has 2 aliphatic heterocycles. The minimum Gasteiger partial charge on any atom is -0.466 e. The summed E-state index contributed by atoms with van der Waals surface area (Å²) in [5.41, 5.74) is 3.19. The van der Waals surface area contributed by atoms with Gasteiger partial charge in [0.15, 0.2) is 5.76 Å². The lowest BCUT2D eigenvalue weighted by atomic mass is 10.0. The van der Waals surface area contributed by atoms with Gasteiger partial charge in [-0.3, -0.25) is 13.9 Å². The largest absolute Gasteiger partial charge is 0.466 e. The van der Waals surface area contributed by atoms with E-state index in [1.165, 1.54) is 18.8 Å². The molecule has 162 valence electrons. The highest BCUT2D eigenvalue weighted by Gasteiger charge is 2.31. The molecule has 2 aromatic rings. The molecule has 2 aliphatic rings. The second-order valence-electron chi connectivity index (χ2n) is 7.52. The van der Waals surface area contributed by atoms with Crippen LogP contribution in [0.2, 0.25) is 0 Å². The molecular weight excluding hydrogens is 412 g/mol. The smallest absolute Gasteiger partial charge is 0.219 e. The Labute approximate surface area is 185 Å². The molecule has 0 aromatic heterocycles. The van der Waals surface area contributed by atoms with Gasteiger partial charge in [-0.25, -0.2) is 0 Å². The highest BCUT2D eigenvalue weighted by molar-refractivity contribution is 7.85. The minimum atomic E-state index is -1.28. The van der Waals surface area contributed by atoms with Crippen molar-refractivity contribution in [2.45, 2.75) is 12.3 Å². The van der Waals surface area contributed by atoms with E-state index in [0.717, 1.165) is 16.7 Å². The van der Waals surface area contributed by atoms with Gasteiger partial charge >= 0.3 is 0 Å². The van der Waals surface area contributed by atoms with Gasteiger partial charge in [0.05, 0.1) is 16.6 Å². The summed E-state index contributed by atoms with van der Waals surface area (Å²) in [6.07, 6.45) is 4.38. The molecule has 2 atom stereocenters. The first-order valence-corrected chi connectivity index (χ1v) is 11.7. The second kappa shape index (κ2) is 9.94. The number of carbonyl (C=O) groups is 1. The van der Waals surface area contributed by atoms with Gasteiger partial charge in [0.25, 0.3) is 0 Å². The fraction of sp³-hybridized carbons (Fsp3) is 0.292. The Morgan fingerprint density at radius 2 is 1.74 bits per heavy atom. The van der Waals surface area contributed by atoms with E-state index in [-0.39, 0.29) is 17.0 Å². The summed E-state index contributed by atoms with van der Waals surface area (Å²) in [7, 11) is -1.28. The Hall–Kier alpha value is -2.90. The van der Waals surface area contributed by atoms with Crippen molar-refractivity contribution in [2.75, 3.05) is 31.9 Å². The molecule has 2 unspecified atom stereocenters. The zero-order chi connectivity index (χ0) is 21.6. The minimum absolute atomic E-state index is 0.0769. The van der Waals surface area contributed by atoms with E-state index in [9.17, 15) is 9.00 Å². The number of piperazine rings is 1. The molecule has 31 heavy (non-hydrogen) atoms. The number of hydrogen-bond acceptors (Lipinski definition) is 5. The third kappa shape index (κ3) is 5.24. The molecule has 1 saturated heterocycles. The maximum atomic E-state index is 13.6. The molecule has 7 heteroatoms. The first-order chi connectivity index (χ1) is 15.1. The van der Waals surface area contributed by atoms with Crippen LogP contribution in [0.25, 0.3) is 11.1 Å². The average molecular weight is 439 g/mol. The standard InChI is InChI=1S/C24H26N2O4S/c1-19(27)25-10-12-26(13-11-25)24(31(28)18-23-17-29-14-15-30-23)22-9-5-8-21(16-22)20-6-3-2-4-7-20/h2-9,14-17,24H,10-13,18H2,1H3. The second-order valence-corrected chi connectivity index (χ2v) is 9.02. The maximum absolute atomic E-state index is 13.6. The fourth-order valence-corrected chi connectivity index (χ4v) is 5.45. The fourth-order valence-electron chi connectivity index (χ4n) is 3.88. The van der Waals surface area contributed by atoms with Crippen LogP contribution in [0, 0.1) is 0 Å². The summed E-state index contributed by atoms with van der Waals surface area (Å²) in [6, 6.07) is 18.4. The number of nitrogens with zero attached hydrogens (tertiary/aromatic N) is 2. The number of carbonyl (C=O) groups excluding carboxylic acids is 1. The first kappa shape index (κ1) is 21.3. The van der Waals surface area contributed by atoms with Crippen LogP contribution in [0.15, 0.2) is 79.1 Å². The molecule has 2 heterocycles. The van der Waals surface area contributed by atoms with Crippen LogP contribution in [0.4, 0.5) is 0 Å². The monoisotopic (exact) mass is 438 g/mol. The van der Waals surface area contributed by atoms with Crippen molar-refractivity contribution >= 4 is 16.7 Å². The SMILES string of the molecule is CC(=O)N1CCN(C(c2cccc(-c3ccccc3)c2)S(=O)CC2=COC=CO2)CC1. The summed E-state index contributed by atoms with van der Waals surface area (Å²) in [4.78, 5) is 15.8. The molecule has 0 radical (unpaired) electrons. The van der Waals surface area contributed by atoms with E-state index < -0.39 is 10.8 Å². The first-order valence-electron chi connectivity index (χ1n) is 10.3. The Kier molecular flexibility index (Phi) is 6.84. The zero-order valence-corrected chi connectivity index (χ0v) is 18.3. The van der Waals surface area contributed by atoms with Crippen molar-refractivity contribution in [3.05, 3.63) is 84.7 Å². The Morgan fingerprint density at radius 1 is 1.00 bits per heavy atom. The molecule has 0 bridgehead atoms. The van der Waals surface area contributed by atoms with Crippen molar-refractivity contribution < 1.29 is 18.5 Å². The Bertz CT molecular complexity index is 998. The van der Waals surface area contributed by atoms with Crippen molar-refractivity contribution in [2.24, 2.45) is 0 Å². The molecule has 2 aromatic carbocycles. The maximum Gasteiger partial charge on any atom is 0.219 e. The van der Waals surface area contributed by atoms with Gasteiger partial charge in [0, 0.05) is 33.1 Å². The topological polar surface area (TPSA) is 59.1 Å². The van der Waals surface area contributed by atoms with Crippen molar-refractivity contribution in [3.63, 3.8) is 0 Å². The van der Waals surface area contributed by atoms with Crippen LogP contribution < -0.4 is 0 Å². The van der Waals surface area contributed by atoms with Gasteiger partial charge in [0.2, 0.25) is 5.91 Å². The number of rotatable bonds is 6. The van der Waals surface area contributed by atoms with E-state index in [1.807, 2.05) is 35.2 Å². The van der Waals surface area contributed by atoms with Gasteiger partial charge < -0.3 is 14.4 Å². The van der Waals surface area contributed by atoms with Crippen LogP contribution >= 0.6 is 0 Å². The molecule has 0 aliphatic carbocycles. The Morgan fingerprint density at radius 3 is 2.42 bits per heavy atom. The molecule has 6 nitrogen and oxygen atoms in total. The predicted octanol–water partition coefficient (Wildman–Crippen LogP) is 3.62. The number of amides is 1. The molecular formula is C24H26N2O4S. The third-order valence-corrected chi connectivity index (χ3v) is 7.09. The van der Waals surface area contributed by atoms with Gasteiger partial charge in [-0.15, -0.1) is 0 Å². The van der Waals surface area contributed by atoms with E-state index in [0.29, 0.717) is 31.9 Å². The van der Waals surface area contributed by atoms with Gasteiger partial charge in [-0.2, -0.15) is 0 Å². The molecule has 4 rings (SSSR count). The van der Waals surface area contributed by atoms with Crippen molar-refractivity contribution in [1.29, 1.82) is 0 Å². The number of benzene rings is 2. The van der Waals surface area contributed by atoms with Crippen LogP contribution in [0.3, 0.4) is 0 Å². The van der Waals surface area contributed by atoms with E-state index >= 15 is 0 Å². The van der Waals surface area contributed by atoms with Gasteiger partial charge in [-0.05, 0) is 22.8 Å². The van der Waals surface area contributed by atoms with Crippen LogP contribution in [-0.4, -0.2) is 51.8 Å². The highest BCUT2D eigenvalue weighted by Crippen LogP contribution is 2.31. The van der Waals surface area contributed by atoms with E-state index in [1.54, 1.807) is 6.92 Å². The quantitative estimate of drug-likeness (QED) is 0.689. The summed E-state index contributed by atoms with van der Waals surface area (Å²) in [5, 5.41) is -0.312. The van der Waals surface area contributed by atoms with Gasteiger partial charge in [0.1, 0.15) is 24.2 Å². The van der Waals surface area contributed by atoms with E-state index in [2.05, 4.69) is 29.2 Å². The van der Waals surface area contributed by atoms with Crippen LogP contribution in [0.5, 0.6) is 0 Å². The van der Waals surface area contributed by atoms with Crippen molar-refractivity contribution in [3.8, 4) is 11.1 Å². The predicted molar refractivity (Wildman–Crippen MR) is 121 cm³/mol. The van der Waals surface area contributed by atoms with Crippen molar-refractivity contribution in [1.82, 2.24) is 9.80 Å². The molecule has 0 saturated carbocycles. The molecule has 0 N–H and O–H groups in total. The lowest BCUT2D eigenvalue weighted by molar-refractivity contribution is -0.130. The zero-order valence-electron chi connectivity index (χ0n) is 17.5. The third-order valence-electron chi connectivity index (χ3n) is 5.46. The molecule has 1 fully saturated rings. The van der Waals surface area contributed by atoms with Crippen LogP contribution in [0.1, 0.15) is 17.9 Å².